The Balaban J connectivity index is 2.36. The zero-order valence-electron chi connectivity index (χ0n) is 9.49. The van der Waals surface area contributed by atoms with Crippen LogP contribution in [0.2, 0.25) is 5.15 Å². The third kappa shape index (κ3) is 3.01. The number of rotatable bonds is 3. The first-order valence-corrected chi connectivity index (χ1v) is 6.43. The average molecular weight is 350 g/mol. The Kier molecular flexibility index (Phi) is 4.01. The highest BCUT2D eigenvalue weighted by molar-refractivity contribution is 9.10. The van der Waals surface area contributed by atoms with Gasteiger partial charge in [-0.25, -0.2) is 4.98 Å². The predicted octanol–water partition coefficient (Wildman–Crippen LogP) is 3.45. The van der Waals surface area contributed by atoms with Crippen molar-refractivity contribution in [3.8, 4) is 0 Å². The highest BCUT2D eigenvalue weighted by atomic mass is 79.9. The van der Waals surface area contributed by atoms with Gasteiger partial charge in [-0.2, -0.15) is 8.78 Å². The molecule has 100 valence electrons. The van der Waals surface area contributed by atoms with Crippen molar-refractivity contribution in [2.24, 2.45) is 0 Å². The van der Waals surface area contributed by atoms with E-state index < -0.39 is 18.0 Å². The standard InChI is InChI=1S/C12H8BrClF2N2O/c13-9-10(14)17-7-18(11(9)19)6-12(15,16)8-4-2-1-3-5-8/h1-5,7H,6H2. The number of hydrogen-bond donors (Lipinski definition) is 0. The van der Waals surface area contributed by atoms with Gasteiger partial charge >= 0.3 is 0 Å². The topological polar surface area (TPSA) is 34.9 Å². The van der Waals surface area contributed by atoms with Crippen LogP contribution < -0.4 is 5.56 Å². The van der Waals surface area contributed by atoms with Gasteiger partial charge < -0.3 is 0 Å². The predicted molar refractivity (Wildman–Crippen MR) is 71.5 cm³/mol. The Morgan fingerprint density at radius 3 is 2.58 bits per heavy atom. The van der Waals surface area contributed by atoms with Crippen LogP contribution in [0.1, 0.15) is 5.56 Å². The molecule has 0 bridgehead atoms. The summed E-state index contributed by atoms with van der Waals surface area (Å²) in [5.74, 6) is -3.17. The third-order valence-electron chi connectivity index (χ3n) is 2.51. The second-order valence-electron chi connectivity index (χ2n) is 3.85. The van der Waals surface area contributed by atoms with E-state index in [0.29, 0.717) is 0 Å². The Morgan fingerprint density at radius 2 is 1.95 bits per heavy atom. The molecule has 1 aromatic heterocycles. The molecule has 3 nitrogen and oxygen atoms in total. The molecule has 1 heterocycles. The summed E-state index contributed by atoms with van der Waals surface area (Å²) in [4.78, 5) is 15.4. The Labute approximate surface area is 121 Å². The van der Waals surface area contributed by atoms with Gasteiger partial charge in [-0.1, -0.05) is 41.9 Å². The number of benzene rings is 1. The third-order valence-corrected chi connectivity index (χ3v) is 3.73. The maximum atomic E-state index is 14.0. The van der Waals surface area contributed by atoms with E-state index in [1.165, 1.54) is 24.3 Å². The van der Waals surface area contributed by atoms with Gasteiger partial charge in [0.2, 0.25) is 0 Å². The molecule has 19 heavy (non-hydrogen) atoms. The fourth-order valence-corrected chi connectivity index (χ4v) is 2.00. The van der Waals surface area contributed by atoms with Crippen molar-refractivity contribution >= 4 is 27.5 Å². The van der Waals surface area contributed by atoms with Crippen molar-refractivity contribution in [3.05, 3.63) is 62.2 Å². The Morgan fingerprint density at radius 1 is 1.32 bits per heavy atom. The lowest BCUT2D eigenvalue weighted by atomic mass is 10.1. The molecule has 0 fully saturated rings. The van der Waals surface area contributed by atoms with Gasteiger partial charge in [0.05, 0.1) is 12.9 Å². The molecule has 0 spiro atoms. The fraction of sp³-hybridized carbons (Fsp3) is 0.167. The van der Waals surface area contributed by atoms with E-state index in [-0.39, 0.29) is 15.2 Å². The minimum Gasteiger partial charge on any atom is -0.292 e. The second-order valence-corrected chi connectivity index (χ2v) is 5.00. The molecule has 1 aromatic carbocycles. The summed E-state index contributed by atoms with van der Waals surface area (Å²) < 4.78 is 28.8. The normalized spacial score (nSPS) is 11.6. The van der Waals surface area contributed by atoms with Gasteiger partial charge in [-0.05, 0) is 15.9 Å². The summed E-state index contributed by atoms with van der Waals surface area (Å²) in [5, 5.41) is -0.0516. The summed E-state index contributed by atoms with van der Waals surface area (Å²) in [5.41, 5.74) is -0.802. The average Bonchev–Trinajstić information content (AvgIpc) is 2.40. The van der Waals surface area contributed by atoms with E-state index in [1.54, 1.807) is 6.07 Å². The molecule has 2 rings (SSSR count). The number of alkyl halides is 2. The van der Waals surface area contributed by atoms with Gasteiger partial charge in [0, 0.05) is 5.56 Å². The van der Waals surface area contributed by atoms with Crippen LogP contribution in [-0.2, 0) is 12.5 Å². The molecule has 0 saturated heterocycles. The molecule has 0 atom stereocenters. The number of aromatic nitrogens is 2. The zero-order valence-corrected chi connectivity index (χ0v) is 11.8. The van der Waals surface area contributed by atoms with E-state index in [9.17, 15) is 13.6 Å². The van der Waals surface area contributed by atoms with Crippen molar-refractivity contribution in [3.63, 3.8) is 0 Å². The molecule has 0 N–H and O–H groups in total. The van der Waals surface area contributed by atoms with Gasteiger partial charge in [0.25, 0.3) is 11.5 Å². The second kappa shape index (κ2) is 5.38. The molecule has 0 aliphatic carbocycles. The molecule has 0 radical (unpaired) electrons. The molecule has 0 amide bonds. The summed E-state index contributed by atoms with van der Waals surface area (Å²) in [7, 11) is 0. The first-order valence-electron chi connectivity index (χ1n) is 5.25. The van der Waals surface area contributed by atoms with Crippen LogP contribution in [0.4, 0.5) is 8.78 Å². The monoisotopic (exact) mass is 348 g/mol. The van der Waals surface area contributed by atoms with Crippen LogP contribution >= 0.6 is 27.5 Å². The van der Waals surface area contributed by atoms with Crippen molar-refractivity contribution in [1.29, 1.82) is 0 Å². The van der Waals surface area contributed by atoms with Crippen molar-refractivity contribution < 1.29 is 8.78 Å². The molecule has 0 aliphatic rings. The lowest BCUT2D eigenvalue weighted by molar-refractivity contribution is -0.0234. The lowest BCUT2D eigenvalue weighted by Crippen LogP contribution is -2.30. The van der Waals surface area contributed by atoms with Crippen LogP contribution in [0.3, 0.4) is 0 Å². The smallest absolute Gasteiger partial charge is 0.290 e. The van der Waals surface area contributed by atoms with Gasteiger partial charge in [0.1, 0.15) is 4.47 Å². The van der Waals surface area contributed by atoms with Gasteiger partial charge in [-0.15, -0.1) is 0 Å². The van der Waals surface area contributed by atoms with Crippen LogP contribution in [0.5, 0.6) is 0 Å². The quantitative estimate of drug-likeness (QED) is 0.796. The molecule has 0 unspecified atom stereocenters. The van der Waals surface area contributed by atoms with E-state index in [2.05, 4.69) is 20.9 Å². The minimum atomic E-state index is -3.17. The van der Waals surface area contributed by atoms with Crippen LogP contribution in [-0.4, -0.2) is 9.55 Å². The maximum Gasteiger partial charge on any atom is 0.290 e. The van der Waals surface area contributed by atoms with Crippen LogP contribution in [0.25, 0.3) is 0 Å². The number of halogens is 4. The first-order chi connectivity index (χ1) is 8.92. The summed E-state index contributed by atoms with van der Waals surface area (Å²) in [6.45, 7) is -0.793. The lowest BCUT2D eigenvalue weighted by Gasteiger charge is -2.18. The number of nitrogens with zero attached hydrogens (tertiary/aromatic N) is 2. The maximum absolute atomic E-state index is 14.0. The van der Waals surface area contributed by atoms with E-state index >= 15 is 0 Å². The largest absolute Gasteiger partial charge is 0.292 e. The van der Waals surface area contributed by atoms with E-state index in [4.69, 9.17) is 11.6 Å². The highest BCUT2D eigenvalue weighted by Gasteiger charge is 2.32. The molecule has 0 saturated carbocycles. The number of hydrogen-bond acceptors (Lipinski definition) is 2. The van der Waals surface area contributed by atoms with E-state index in [0.717, 1.165) is 10.9 Å². The molecular formula is C12H8BrClF2N2O. The van der Waals surface area contributed by atoms with Crippen LogP contribution in [0.15, 0.2) is 45.9 Å². The van der Waals surface area contributed by atoms with Crippen molar-refractivity contribution in [2.45, 2.75) is 12.5 Å². The first kappa shape index (κ1) is 14.1. The molecule has 2 aromatic rings. The zero-order chi connectivity index (χ0) is 14.0. The highest BCUT2D eigenvalue weighted by Crippen LogP contribution is 2.29. The minimum absolute atomic E-state index is 0.0273. The Hall–Kier alpha value is -1.27. The van der Waals surface area contributed by atoms with Crippen molar-refractivity contribution in [1.82, 2.24) is 9.55 Å². The molecular weight excluding hydrogens is 341 g/mol. The summed E-state index contributed by atoms with van der Waals surface area (Å²) >= 11 is 8.54. The summed E-state index contributed by atoms with van der Waals surface area (Å²) in [6.07, 6.45) is 1.01. The van der Waals surface area contributed by atoms with E-state index in [1.807, 2.05) is 0 Å². The molecule has 0 aliphatic heterocycles. The van der Waals surface area contributed by atoms with Crippen molar-refractivity contribution in [2.75, 3.05) is 0 Å². The van der Waals surface area contributed by atoms with Gasteiger partial charge in [0.15, 0.2) is 5.15 Å². The van der Waals surface area contributed by atoms with Gasteiger partial charge in [-0.3, -0.25) is 9.36 Å². The Bertz CT molecular complexity index is 646. The van der Waals surface area contributed by atoms with Crippen LogP contribution in [0, 0.1) is 0 Å². The molecule has 7 heteroatoms. The summed E-state index contributed by atoms with van der Waals surface area (Å²) in [6, 6.07) is 7.29. The SMILES string of the molecule is O=c1c(Br)c(Cl)ncn1CC(F)(F)c1ccccc1. The fourth-order valence-electron chi connectivity index (χ4n) is 1.54.